The maximum atomic E-state index is 13.1. The van der Waals surface area contributed by atoms with Gasteiger partial charge in [-0.05, 0) is 18.2 Å². The fourth-order valence-corrected chi connectivity index (χ4v) is 3.75. The van der Waals surface area contributed by atoms with Gasteiger partial charge in [0.25, 0.3) is 0 Å². The fourth-order valence-electron chi connectivity index (χ4n) is 2.01. The van der Waals surface area contributed by atoms with Crippen LogP contribution in [-0.2, 0) is 16.0 Å². The number of aliphatic hydroxyl groups excluding tert-OH is 1. The highest BCUT2D eigenvalue weighted by Gasteiger charge is 2.37. The van der Waals surface area contributed by atoms with Crippen LogP contribution in [0.4, 0.5) is 23.2 Å². The number of hydrogen-bond acceptors (Lipinski definition) is 4. The van der Waals surface area contributed by atoms with E-state index in [0.29, 0.717) is 12.1 Å². The Balaban J connectivity index is 2.23. The third kappa shape index (κ3) is 3.21. The zero-order valence-corrected chi connectivity index (χ0v) is 10.8. The number of hydrogen-bond donors (Lipinski definition) is 2. The van der Waals surface area contributed by atoms with E-state index in [4.69, 9.17) is 0 Å². The van der Waals surface area contributed by atoms with Crippen molar-refractivity contribution in [3.05, 3.63) is 29.6 Å². The molecule has 1 aliphatic heterocycles. The number of rotatable bonds is 2. The van der Waals surface area contributed by atoms with E-state index in [1.54, 1.807) is 0 Å². The summed E-state index contributed by atoms with van der Waals surface area (Å²) in [5, 5.41) is 12.0. The Morgan fingerprint density at radius 1 is 1.25 bits per heavy atom. The molecule has 1 aromatic rings. The molecule has 2 unspecified atom stereocenters. The van der Waals surface area contributed by atoms with Crippen LogP contribution in [0.15, 0.2) is 18.2 Å². The van der Waals surface area contributed by atoms with Crippen molar-refractivity contribution in [2.24, 2.45) is 0 Å². The van der Waals surface area contributed by atoms with Crippen molar-refractivity contribution < 1.29 is 31.1 Å². The minimum Gasteiger partial charge on any atom is -0.390 e. The average molecular weight is 313 g/mol. The lowest BCUT2D eigenvalue weighted by molar-refractivity contribution is -0.139. The highest BCUT2D eigenvalue weighted by Crippen LogP contribution is 2.33. The first-order valence-electron chi connectivity index (χ1n) is 5.60. The Morgan fingerprint density at radius 3 is 2.40 bits per heavy atom. The maximum absolute atomic E-state index is 13.1. The van der Waals surface area contributed by atoms with Crippen LogP contribution in [0.2, 0.25) is 0 Å². The summed E-state index contributed by atoms with van der Waals surface area (Å²) < 4.78 is 73.2. The van der Waals surface area contributed by atoms with E-state index >= 15 is 0 Å². The van der Waals surface area contributed by atoms with Gasteiger partial charge in [-0.15, -0.1) is 0 Å². The topological polar surface area (TPSA) is 66.4 Å². The van der Waals surface area contributed by atoms with Gasteiger partial charge in [-0.3, -0.25) is 0 Å². The van der Waals surface area contributed by atoms with Crippen molar-refractivity contribution in [1.82, 2.24) is 0 Å². The van der Waals surface area contributed by atoms with Gasteiger partial charge < -0.3 is 10.4 Å². The molecule has 1 fully saturated rings. The molecular weight excluding hydrogens is 302 g/mol. The van der Waals surface area contributed by atoms with Gasteiger partial charge in [0, 0.05) is 5.69 Å². The van der Waals surface area contributed by atoms with Crippen LogP contribution >= 0.6 is 0 Å². The van der Waals surface area contributed by atoms with Crippen LogP contribution in [0.25, 0.3) is 0 Å². The van der Waals surface area contributed by atoms with E-state index in [9.17, 15) is 31.1 Å². The van der Waals surface area contributed by atoms with Crippen molar-refractivity contribution in [2.75, 3.05) is 16.8 Å². The third-order valence-corrected chi connectivity index (χ3v) is 4.66. The molecule has 2 N–H and O–H groups in total. The second-order valence-electron chi connectivity index (χ2n) is 4.59. The maximum Gasteiger partial charge on any atom is 0.419 e. The second-order valence-corrected chi connectivity index (χ2v) is 6.74. The number of alkyl halides is 3. The van der Waals surface area contributed by atoms with Crippen LogP contribution in [0, 0.1) is 5.82 Å². The molecule has 0 amide bonds. The number of anilines is 1. The first-order chi connectivity index (χ1) is 9.08. The van der Waals surface area contributed by atoms with Crippen molar-refractivity contribution >= 4 is 15.5 Å². The monoisotopic (exact) mass is 313 g/mol. The molecule has 0 aliphatic carbocycles. The minimum absolute atomic E-state index is 0.0973. The molecule has 1 saturated heterocycles. The van der Waals surface area contributed by atoms with Gasteiger partial charge in [0.2, 0.25) is 0 Å². The van der Waals surface area contributed by atoms with Gasteiger partial charge in [-0.2, -0.15) is 13.2 Å². The lowest BCUT2D eigenvalue weighted by atomic mass is 10.1. The number of halogens is 4. The highest BCUT2D eigenvalue weighted by atomic mass is 32.2. The van der Waals surface area contributed by atoms with Gasteiger partial charge in [-0.25, -0.2) is 12.8 Å². The number of sulfone groups is 1. The molecule has 2 rings (SSSR count). The van der Waals surface area contributed by atoms with Crippen molar-refractivity contribution in [3.63, 3.8) is 0 Å². The second kappa shape index (κ2) is 4.88. The van der Waals surface area contributed by atoms with Crippen LogP contribution in [0.3, 0.4) is 0 Å². The number of nitrogens with one attached hydrogen (secondary N) is 1. The molecule has 0 radical (unpaired) electrons. The molecule has 0 spiro atoms. The van der Waals surface area contributed by atoms with E-state index in [0.717, 1.165) is 6.07 Å². The molecule has 1 aromatic carbocycles. The molecule has 9 heteroatoms. The third-order valence-electron chi connectivity index (χ3n) is 2.95. The van der Waals surface area contributed by atoms with E-state index in [-0.39, 0.29) is 11.4 Å². The zero-order chi connectivity index (χ0) is 15.1. The lowest BCUT2D eigenvalue weighted by Gasteiger charge is -2.17. The van der Waals surface area contributed by atoms with Gasteiger partial charge in [-0.1, -0.05) is 0 Å². The predicted octanol–water partition coefficient (Wildman–Crippen LogP) is 1.41. The molecule has 4 nitrogen and oxygen atoms in total. The van der Waals surface area contributed by atoms with Crippen molar-refractivity contribution in [1.29, 1.82) is 0 Å². The van der Waals surface area contributed by atoms with Crippen molar-refractivity contribution in [2.45, 2.75) is 18.3 Å². The lowest BCUT2D eigenvalue weighted by Crippen LogP contribution is -2.32. The summed E-state index contributed by atoms with van der Waals surface area (Å²) >= 11 is 0. The highest BCUT2D eigenvalue weighted by molar-refractivity contribution is 7.91. The van der Waals surface area contributed by atoms with Gasteiger partial charge in [0.15, 0.2) is 9.84 Å². The summed E-state index contributed by atoms with van der Waals surface area (Å²) in [6.07, 6.45) is -6.05. The predicted molar refractivity (Wildman–Crippen MR) is 63.5 cm³/mol. The molecule has 0 aromatic heterocycles. The van der Waals surface area contributed by atoms with E-state index in [1.165, 1.54) is 0 Å². The van der Waals surface area contributed by atoms with Gasteiger partial charge in [0.05, 0.1) is 29.2 Å². The normalized spacial score (nSPS) is 25.6. The van der Waals surface area contributed by atoms with Gasteiger partial charge in [0.1, 0.15) is 5.82 Å². The summed E-state index contributed by atoms with van der Waals surface area (Å²) in [6.45, 7) is 0. The van der Waals surface area contributed by atoms with E-state index in [2.05, 4.69) is 5.32 Å². The molecule has 1 heterocycles. The Labute approximate surface area is 112 Å². The zero-order valence-electron chi connectivity index (χ0n) is 9.98. The number of aliphatic hydroxyl groups is 1. The van der Waals surface area contributed by atoms with Crippen LogP contribution in [-0.4, -0.2) is 37.2 Å². The molecule has 1 aliphatic rings. The number of benzene rings is 1. The Morgan fingerprint density at radius 2 is 1.90 bits per heavy atom. The smallest absolute Gasteiger partial charge is 0.390 e. The Kier molecular flexibility index (Phi) is 3.67. The standard InChI is InChI=1S/C11H11F4NO3S/c12-8-2-1-6(3-7(8)11(13,14)15)16-9-4-20(18,19)5-10(9)17/h1-3,9-10,16-17H,4-5H2. The molecule has 0 saturated carbocycles. The molecule has 0 bridgehead atoms. The summed E-state index contributed by atoms with van der Waals surface area (Å²) in [5.41, 5.74) is -1.54. The van der Waals surface area contributed by atoms with Crippen LogP contribution in [0.5, 0.6) is 0 Å². The summed E-state index contributed by atoms with van der Waals surface area (Å²) in [4.78, 5) is 0. The summed E-state index contributed by atoms with van der Waals surface area (Å²) in [5.74, 6) is -2.24. The first kappa shape index (κ1) is 15.0. The summed E-state index contributed by atoms with van der Waals surface area (Å²) in [7, 11) is -3.42. The van der Waals surface area contributed by atoms with Crippen LogP contribution in [0.1, 0.15) is 5.56 Å². The van der Waals surface area contributed by atoms with E-state index < -0.39 is 45.3 Å². The minimum atomic E-state index is -4.85. The SMILES string of the molecule is O=S1(=O)CC(O)C(Nc2ccc(F)c(C(F)(F)F)c2)C1. The van der Waals surface area contributed by atoms with Gasteiger partial charge >= 0.3 is 6.18 Å². The average Bonchev–Trinajstić information content (AvgIpc) is 2.53. The molecule has 112 valence electrons. The molecule has 2 atom stereocenters. The Bertz CT molecular complexity index is 615. The Hall–Kier alpha value is -1.35. The first-order valence-corrected chi connectivity index (χ1v) is 7.42. The van der Waals surface area contributed by atoms with Crippen LogP contribution < -0.4 is 5.32 Å². The molecular formula is C11H11F4NO3S. The summed E-state index contributed by atoms with van der Waals surface area (Å²) in [6, 6.07) is 1.34. The fraction of sp³-hybridized carbons (Fsp3) is 0.455. The quantitative estimate of drug-likeness (QED) is 0.810. The van der Waals surface area contributed by atoms with Crippen molar-refractivity contribution in [3.8, 4) is 0 Å². The van der Waals surface area contributed by atoms with E-state index in [1.807, 2.05) is 0 Å². The molecule has 20 heavy (non-hydrogen) atoms. The largest absolute Gasteiger partial charge is 0.419 e.